The van der Waals surface area contributed by atoms with E-state index in [1.807, 2.05) is 6.92 Å². The predicted octanol–water partition coefficient (Wildman–Crippen LogP) is 1.23. The Morgan fingerprint density at radius 2 is 2.36 bits per heavy atom. The summed E-state index contributed by atoms with van der Waals surface area (Å²) in [7, 11) is 0. The normalized spacial score (nSPS) is 9.36. The summed E-state index contributed by atoms with van der Waals surface area (Å²) in [6.45, 7) is 3.19. The third-order valence-corrected chi connectivity index (χ3v) is 1.62. The second-order valence-corrected chi connectivity index (χ2v) is 2.52. The molecule has 1 rings (SSSR count). The van der Waals surface area contributed by atoms with Crippen LogP contribution in [-0.2, 0) is 6.54 Å². The van der Waals surface area contributed by atoms with Gasteiger partial charge in [-0.1, -0.05) is 11.6 Å². The molecule has 0 aromatic carbocycles. The van der Waals surface area contributed by atoms with Crippen LogP contribution in [0.2, 0.25) is 5.02 Å². The molecule has 1 aromatic heterocycles. The van der Waals surface area contributed by atoms with Crippen LogP contribution in [0.1, 0.15) is 5.69 Å². The van der Waals surface area contributed by atoms with Crippen LogP contribution >= 0.6 is 24.0 Å². The van der Waals surface area contributed by atoms with Gasteiger partial charge in [-0.3, -0.25) is 4.68 Å². The number of nitrogens with two attached hydrogens (primary N) is 1. The number of nitrogens with zero attached hydrogens (tertiary/aromatic N) is 2. The Hall–Kier alpha value is -0.250. The smallest absolute Gasteiger partial charge is 0.0814 e. The van der Waals surface area contributed by atoms with Crippen LogP contribution in [0.5, 0.6) is 0 Å². The van der Waals surface area contributed by atoms with Gasteiger partial charge in [0.2, 0.25) is 0 Å². The van der Waals surface area contributed by atoms with E-state index in [-0.39, 0.29) is 12.4 Å². The van der Waals surface area contributed by atoms with Crippen LogP contribution in [0, 0.1) is 6.92 Å². The van der Waals surface area contributed by atoms with Gasteiger partial charge in [-0.05, 0) is 6.92 Å². The van der Waals surface area contributed by atoms with Crippen LogP contribution in [-0.4, -0.2) is 16.3 Å². The van der Waals surface area contributed by atoms with E-state index >= 15 is 0 Å². The SMILES string of the molecule is Cc1nn(CCN)cc1Cl.Cl. The van der Waals surface area contributed by atoms with E-state index < -0.39 is 0 Å². The lowest BCUT2D eigenvalue weighted by Crippen LogP contribution is -2.09. The maximum Gasteiger partial charge on any atom is 0.0814 e. The van der Waals surface area contributed by atoms with Gasteiger partial charge < -0.3 is 5.73 Å². The Balaban J connectivity index is 0.000001000. The standard InChI is InChI=1S/C6H10ClN3.ClH/c1-5-6(7)4-10(9-5)3-2-8;/h4H,2-3,8H2,1H3;1H. The number of rotatable bonds is 2. The van der Waals surface area contributed by atoms with Crippen molar-refractivity contribution >= 4 is 24.0 Å². The number of aryl methyl sites for hydroxylation is 1. The Morgan fingerprint density at radius 1 is 1.73 bits per heavy atom. The van der Waals surface area contributed by atoms with Crippen molar-refractivity contribution in [2.45, 2.75) is 13.5 Å². The van der Waals surface area contributed by atoms with Gasteiger partial charge in [0, 0.05) is 12.7 Å². The van der Waals surface area contributed by atoms with Crippen molar-refractivity contribution in [2.24, 2.45) is 5.73 Å². The van der Waals surface area contributed by atoms with Gasteiger partial charge in [-0.15, -0.1) is 12.4 Å². The van der Waals surface area contributed by atoms with Crippen LogP contribution in [0.3, 0.4) is 0 Å². The first-order valence-corrected chi connectivity index (χ1v) is 3.51. The number of hydrogen-bond acceptors (Lipinski definition) is 2. The summed E-state index contributed by atoms with van der Waals surface area (Å²) in [4.78, 5) is 0. The van der Waals surface area contributed by atoms with Crippen LogP contribution in [0.4, 0.5) is 0 Å². The molecule has 0 aliphatic rings. The summed E-state index contributed by atoms with van der Waals surface area (Å²) in [5.74, 6) is 0. The second-order valence-electron chi connectivity index (χ2n) is 2.11. The van der Waals surface area contributed by atoms with Crippen molar-refractivity contribution in [1.29, 1.82) is 0 Å². The molecule has 11 heavy (non-hydrogen) atoms. The first kappa shape index (κ1) is 10.8. The molecule has 0 atom stereocenters. The molecule has 0 amide bonds. The van der Waals surface area contributed by atoms with Gasteiger partial charge in [0.25, 0.3) is 0 Å². The topological polar surface area (TPSA) is 43.8 Å². The molecule has 0 fully saturated rings. The Kier molecular flexibility index (Phi) is 4.49. The zero-order valence-corrected chi connectivity index (χ0v) is 7.82. The first-order chi connectivity index (χ1) is 4.74. The largest absolute Gasteiger partial charge is 0.329 e. The fraction of sp³-hybridized carbons (Fsp3) is 0.500. The van der Waals surface area contributed by atoms with Gasteiger partial charge in [-0.2, -0.15) is 5.10 Å². The molecule has 0 saturated carbocycles. The minimum Gasteiger partial charge on any atom is -0.329 e. The molecule has 0 spiro atoms. The lowest BCUT2D eigenvalue weighted by Gasteiger charge is -1.93. The van der Waals surface area contributed by atoms with E-state index in [0.717, 1.165) is 12.2 Å². The lowest BCUT2D eigenvalue weighted by atomic mass is 10.5. The average Bonchev–Trinajstić information content (AvgIpc) is 2.14. The van der Waals surface area contributed by atoms with Crippen molar-refractivity contribution in [3.05, 3.63) is 16.9 Å². The minimum absolute atomic E-state index is 0. The minimum atomic E-state index is 0. The Labute approximate surface area is 76.9 Å². The summed E-state index contributed by atoms with van der Waals surface area (Å²) in [6, 6.07) is 0. The summed E-state index contributed by atoms with van der Waals surface area (Å²) in [6.07, 6.45) is 1.78. The van der Waals surface area contributed by atoms with Crippen molar-refractivity contribution in [1.82, 2.24) is 9.78 Å². The lowest BCUT2D eigenvalue weighted by molar-refractivity contribution is 0.620. The van der Waals surface area contributed by atoms with Gasteiger partial charge in [-0.25, -0.2) is 0 Å². The van der Waals surface area contributed by atoms with Crippen molar-refractivity contribution in [3.8, 4) is 0 Å². The molecule has 2 N–H and O–H groups in total. The quantitative estimate of drug-likeness (QED) is 0.772. The maximum atomic E-state index is 5.74. The monoisotopic (exact) mass is 195 g/mol. The summed E-state index contributed by atoms with van der Waals surface area (Å²) in [5, 5.41) is 4.81. The average molecular weight is 196 g/mol. The Morgan fingerprint density at radius 3 is 2.73 bits per heavy atom. The third-order valence-electron chi connectivity index (χ3n) is 1.24. The Bertz CT molecular complexity index is 202. The molecule has 3 nitrogen and oxygen atoms in total. The van der Waals surface area contributed by atoms with Gasteiger partial charge in [0.1, 0.15) is 0 Å². The number of halogens is 2. The van der Waals surface area contributed by atoms with Crippen molar-refractivity contribution < 1.29 is 0 Å². The van der Waals surface area contributed by atoms with Crippen LogP contribution < -0.4 is 5.73 Å². The highest BCUT2D eigenvalue weighted by atomic mass is 35.5. The first-order valence-electron chi connectivity index (χ1n) is 3.13. The fourth-order valence-corrected chi connectivity index (χ4v) is 0.891. The zero-order valence-electron chi connectivity index (χ0n) is 6.25. The molecule has 1 aromatic rings. The molecular formula is C6H11Cl2N3. The maximum absolute atomic E-state index is 5.74. The van der Waals surface area contributed by atoms with Crippen LogP contribution in [0.15, 0.2) is 6.20 Å². The van der Waals surface area contributed by atoms with E-state index in [4.69, 9.17) is 17.3 Å². The second kappa shape index (κ2) is 4.59. The van der Waals surface area contributed by atoms with Gasteiger partial charge in [0.15, 0.2) is 0 Å². The van der Waals surface area contributed by atoms with E-state index in [9.17, 15) is 0 Å². The van der Waals surface area contributed by atoms with Gasteiger partial charge >= 0.3 is 0 Å². The molecule has 0 saturated heterocycles. The predicted molar refractivity (Wildman–Crippen MR) is 48.3 cm³/mol. The van der Waals surface area contributed by atoms with E-state index in [1.54, 1.807) is 10.9 Å². The molecule has 0 unspecified atom stereocenters. The highest BCUT2D eigenvalue weighted by Gasteiger charge is 1.99. The molecule has 0 aliphatic heterocycles. The molecule has 0 aliphatic carbocycles. The van der Waals surface area contributed by atoms with E-state index in [2.05, 4.69) is 5.10 Å². The van der Waals surface area contributed by atoms with Crippen LogP contribution in [0.25, 0.3) is 0 Å². The summed E-state index contributed by atoms with van der Waals surface area (Å²) >= 11 is 5.74. The zero-order chi connectivity index (χ0) is 7.56. The molecule has 64 valence electrons. The summed E-state index contributed by atoms with van der Waals surface area (Å²) < 4.78 is 1.75. The number of aromatic nitrogens is 2. The van der Waals surface area contributed by atoms with Gasteiger partial charge in [0.05, 0.1) is 17.3 Å². The third kappa shape index (κ3) is 2.69. The number of hydrogen-bond donors (Lipinski definition) is 1. The fourth-order valence-electron chi connectivity index (χ4n) is 0.740. The van der Waals surface area contributed by atoms with E-state index in [1.165, 1.54) is 0 Å². The molecule has 0 bridgehead atoms. The highest BCUT2D eigenvalue weighted by Crippen LogP contribution is 2.11. The van der Waals surface area contributed by atoms with Crippen molar-refractivity contribution in [2.75, 3.05) is 6.54 Å². The summed E-state index contributed by atoms with van der Waals surface area (Å²) in [5.41, 5.74) is 6.17. The molecule has 5 heteroatoms. The van der Waals surface area contributed by atoms with E-state index in [0.29, 0.717) is 11.6 Å². The molecular weight excluding hydrogens is 185 g/mol. The molecule has 1 heterocycles. The molecule has 0 radical (unpaired) electrons. The highest BCUT2D eigenvalue weighted by molar-refractivity contribution is 6.31. The van der Waals surface area contributed by atoms with Crippen molar-refractivity contribution in [3.63, 3.8) is 0 Å².